The van der Waals surface area contributed by atoms with E-state index in [1.165, 1.54) is 16.6 Å². The molecule has 0 aliphatic carbocycles. The van der Waals surface area contributed by atoms with Gasteiger partial charge in [0.25, 0.3) is 5.91 Å². The number of hydrogen-bond acceptors (Lipinski definition) is 5. The molecule has 2 aromatic carbocycles. The molecule has 1 unspecified atom stereocenters. The highest BCUT2D eigenvalue weighted by Gasteiger charge is 2.36. The molecule has 3 aromatic rings. The van der Waals surface area contributed by atoms with Crippen molar-refractivity contribution in [1.82, 2.24) is 5.01 Å². The smallest absolute Gasteiger partial charge is 0.266 e. The van der Waals surface area contributed by atoms with Crippen molar-refractivity contribution in [3.05, 3.63) is 96.4 Å². The van der Waals surface area contributed by atoms with E-state index in [0.717, 1.165) is 27.7 Å². The zero-order valence-corrected chi connectivity index (χ0v) is 20.0. The minimum absolute atomic E-state index is 0.0109. The Morgan fingerprint density at radius 3 is 2.58 bits per heavy atom. The summed E-state index contributed by atoms with van der Waals surface area (Å²) in [6, 6.07) is 19.7. The lowest BCUT2D eigenvalue weighted by molar-refractivity contribution is -0.113. The summed E-state index contributed by atoms with van der Waals surface area (Å²) in [5, 5.41) is 10.1. The van der Waals surface area contributed by atoms with Crippen molar-refractivity contribution in [2.24, 2.45) is 10.1 Å². The highest BCUT2D eigenvalue weighted by molar-refractivity contribution is 9.10. The van der Waals surface area contributed by atoms with Gasteiger partial charge in [-0.15, -0.1) is 11.3 Å². The molecule has 0 saturated carbocycles. The van der Waals surface area contributed by atoms with Crippen LogP contribution in [-0.2, 0) is 4.79 Å². The van der Waals surface area contributed by atoms with Gasteiger partial charge in [0.15, 0.2) is 5.17 Å². The molecule has 0 saturated heterocycles. The van der Waals surface area contributed by atoms with Gasteiger partial charge in [0.05, 0.1) is 16.7 Å². The molecule has 1 aromatic heterocycles. The van der Waals surface area contributed by atoms with Gasteiger partial charge in [0.1, 0.15) is 0 Å². The van der Waals surface area contributed by atoms with Gasteiger partial charge in [-0.25, -0.2) is 5.01 Å². The van der Waals surface area contributed by atoms with Crippen LogP contribution >= 0.6 is 50.6 Å². The van der Waals surface area contributed by atoms with Gasteiger partial charge in [-0.3, -0.25) is 4.79 Å². The molecule has 31 heavy (non-hydrogen) atoms. The lowest BCUT2D eigenvalue weighted by Crippen LogP contribution is -2.23. The second-order valence-electron chi connectivity index (χ2n) is 7.00. The summed E-state index contributed by atoms with van der Waals surface area (Å²) >= 11 is 12.5. The summed E-state index contributed by atoms with van der Waals surface area (Å²) in [6.07, 6.45) is 2.61. The zero-order chi connectivity index (χ0) is 21.4. The maximum atomic E-state index is 12.6. The second-order valence-corrected chi connectivity index (χ2v) is 10.3. The maximum Gasteiger partial charge on any atom is 0.286 e. The number of thioether (sulfide) groups is 1. The molecule has 0 radical (unpaired) electrons. The van der Waals surface area contributed by atoms with E-state index < -0.39 is 0 Å². The van der Waals surface area contributed by atoms with E-state index in [2.05, 4.69) is 32.4 Å². The quantitative estimate of drug-likeness (QED) is 0.344. The topological polar surface area (TPSA) is 45.0 Å². The number of nitrogens with zero attached hydrogens (tertiary/aromatic N) is 3. The van der Waals surface area contributed by atoms with Crippen LogP contribution in [0.5, 0.6) is 0 Å². The average molecular weight is 529 g/mol. The molecule has 154 valence electrons. The lowest BCUT2D eigenvalue weighted by atomic mass is 10.0. The SMILES string of the molecule is O=C1N=C(N2N=C(c3ccc(Cl)cc3)CC2c2cccs2)S/C1=C/c1ccc(Br)cc1. The van der Waals surface area contributed by atoms with E-state index in [1.54, 1.807) is 11.3 Å². The Hall–Kier alpha value is -2.19. The number of amides is 1. The summed E-state index contributed by atoms with van der Waals surface area (Å²) in [4.78, 5) is 18.7. The van der Waals surface area contributed by atoms with Crippen molar-refractivity contribution in [1.29, 1.82) is 0 Å². The van der Waals surface area contributed by atoms with Crippen LogP contribution in [0.4, 0.5) is 0 Å². The van der Waals surface area contributed by atoms with Crippen LogP contribution in [0.25, 0.3) is 6.08 Å². The molecule has 8 heteroatoms. The normalized spacial score (nSPS) is 19.8. The van der Waals surface area contributed by atoms with E-state index in [1.807, 2.05) is 65.7 Å². The number of thiophene rings is 1. The van der Waals surface area contributed by atoms with Gasteiger partial charge in [-0.2, -0.15) is 10.1 Å². The maximum absolute atomic E-state index is 12.6. The van der Waals surface area contributed by atoms with Crippen LogP contribution in [0.15, 0.2) is 85.5 Å². The number of aliphatic imine (C=N–C) groups is 1. The third kappa shape index (κ3) is 4.41. The first-order valence-corrected chi connectivity index (χ1v) is 12.4. The molecule has 0 N–H and O–H groups in total. The van der Waals surface area contributed by atoms with Gasteiger partial charge in [-0.1, -0.05) is 57.9 Å². The first kappa shape index (κ1) is 20.7. The van der Waals surface area contributed by atoms with Crippen LogP contribution < -0.4 is 0 Å². The number of hydrazone groups is 1. The summed E-state index contributed by atoms with van der Waals surface area (Å²) in [6.45, 7) is 0. The minimum atomic E-state index is -0.233. The van der Waals surface area contributed by atoms with Crippen molar-refractivity contribution in [2.75, 3.05) is 0 Å². The van der Waals surface area contributed by atoms with E-state index in [9.17, 15) is 4.79 Å². The Morgan fingerprint density at radius 1 is 1.10 bits per heavy atom. The Balaban J connectivity index is 1.46. The Bertz CT molecular complexity index is 1220. The van der Waals surface area contributed by atoms with E-state index in [4.69, 9.17) is 16.7 Å². The van der Waals surface area contributed by atoms with E-state index in [0.29, 0.717) is 15.1 Å². The molecule has 0 fully saturated rings. The standard InChI is InChI=1S/C23H15BrClN3OS2/c24-16-7-3-14(4-8-16)12-21-22(29)26-23(31-21)28-19(20-2-1-11-30-20)13-18(27-28)15-5-9-17(25)10-6-15/h1-12,19H,13H2/b21-12+. The number of carbonyl (C=O) groups excluding carboxylic acids is 1. The molecular formula is C23H15BrClN3OS2. The predicted octanol–water partition coefficient (Wildman–Crippen LogP) is 6.99. The molecule has 5 rings (SSSR count). The zero-order valence-electron chi connectivity index (χ0n) is 16.0. The molecule has 0 spiro atoms. The summed E-state index contributed by atoms with van der Waals surface area (Å²) in [5.74, 6) is -0.233. The highest BCUT2D eigenvalue weighted by Crippen LogP contribution is 2.40. The molecule has 0 bridgehead atoms. The first-order chi connectivity index (χ1) is 15.1. The third-order valence-electron chi connectivity index (χ3n) is 4.93. The number of amidine groups is 1. The number of carbonyl (C=O) groups is 1. The largest absolute Gasteiger partial charge is 0.286 e. The fourth-order valence-electron chi connectivity index (χ4n) is 3.41. The first-order valence-electron chi connectivity index (χ1n) is 9.51. The molecule has 4 nitrogen and oxygen atoms in total. The van der Waals surface area contributed by atoms with Gasteiger partial charge in [0, 0.05) is 20.8 Å². The molecule has 1 atom stereocenters. The van der Waals surface area contributed by atoms with E-state index in [-0.39, 0.29) is 11.9 Å². The van der Waals surface area contributed by atoms with Gasteiger partial charge in [-0.05, 0) is 64.7 Å². The predicted molar refractivity (Wildman–Crippen MR) is 134 cm³/mol. The van der Waals surface area contributed by atoms with Crippen molar-refractivity contribution in [2.45, 2.75) is 12.5 Å². The van der Waals surface area contributed by atoms with Crippen LogP contribution in [0.1, 0.15) is 28.5 Å². The Labute approximate surface area is 201 Å². The number of benzene rings is 2. The van der Waals surface area contributed by atoms with Crippen molar-refractivity contribution < 1.29 is 4.79 Å². The lowest BCUT2D eigenvalue weighted by Gasteiger charge is -2.21. The van der Waals surface area contributed by atoms with Crippen LogP contribution in [0.3, 0.4) is 0 Å². The number of halogens is 2. The molecular weight excluding hydrogens is 514 g/mol. The molecule has 3 heterocycles. The van der Waals surface area contributed by atoms with Gasteiger partial charge < -0.3 is 0 Å². The summed E-state index contributed by atoms with van der Waals surface area (Å²) in [7, 11) is 0. The molecule has 2 aliphatic heterocycles. The van der Waals surface area contributed by atoms with Crippen LogP contribution in [0, 0.1) is 0 Å². The van der Waals surface area contributed by atoms with Gasteiger partial charge >= 0.3 is 0 Å². The van der Waals surface area contributed by atoms with Crippen molar-refractivity contribution >= 4 is 73.5 Å². The van der Waals surface area contributed by atoms with Crippen molar-refractivity contribution in [3.63, 3.8) is 0 Å². The number of rotatable bonds is 3. The third-order valence-corrected chi connectivity index (χ3v) is 7.66. The minimum Gasteiger partial charge on any atom is -0.266 e. The van der Waals surface area contributed by atoms with Crippen LogP contribution in [0.2, 0.25) is 5.02 Å². The van der Waals surface area contributed by atoms with E-state index >= 15 is 0 Å². The Morgan fingerprint density at radius 2 is 1.87 bits per heavy atom. The van der Waals surface area contributed by atoms with Crippen LogP contribution in [-0.4, -0.2) is 21.8 Å². The fourth-order valence-corrected chi connectivity index (χ4v) is 5.53. The molecule has 2 aliphatic rings. The molecule has 1 amide bonds. The second kappa shape index (κ2) is 8.74. The number of hydrogen-bond donors (Lipinski definition) is 0. The van der Waals surface area contributed by atoms with Crippen molar-refractivity contribution in [3.8, 4) is 0 Å². The Kier molecular flexibility index (Phi) is 5.84. The monoisotopic (exact) mass is 527 g/mol. The summed E-state index contributed by atoms with van der Waals surface area (Å²) in [5.41, 5.74) is 2.93. The average Bonchev–Trinajstić information content (AvgIpc) is 3.50. The van der Waals surface area contributed by atoms with Gasteiger partial charge in [0.2, 0.25) is 0 Å². The summed E-state index contributed by atoms with van der Waals surface area (Å²) < 4.78 is 0.997. The highest BCUT2D eigenvalue weighted by atomic mass is 79.9. The fraction of sp³-hybridized carbons (Fsp3) is 0.0870.